The van der Waals surface area contributed by atoms with Gasteiger partial charge in [0.05, 0.1) is 11.5 Å². The number of methoxy groups -OCH3 is 1. The van der Waals surface area contributed by atoms with Gasteiger partial charge in [-0.1, -0.05) is 0 Å². The number of nitrogens with one attached hydrogen (secondary N) is 2. The lowest BCUT2D eigenvalue weighted by Crippen LogP contribution is -2.35. The van der Waals surface area contributed by atoms with Crippen molar-refractivity contribution in [2.45, 2.75) is 24.8 Å². The molecule has 1 amide bonds. The SMILES string of the molecule is COC[C@H](C)NS(=O)(=O)c1ccc(NC(=O)/C=C/c2sccc2C)cc1. The molecule has 140 valence electrons. The molecule has 0 aliphatic heterocycles. The standard InChI is InChI=1S/C18H22N2O4S2/c1-13-10-11-25-17(13)8-9-18(21)19-15-4-6-16(7-5-15)26(22,23)20-14(2)12-24-3/h4-11,14,20H,12H2,1-3H3,(H,19,21)/b9-8+/t14-/m0/s1. The number of hydrogen-bond acceptors (Lipinski definition) is 5. The van der Waals surface area contributed by atoms with E-state index in [0.717, 1.165) is 10.4 Å². The second kappa shape index (κ2) is 9.09. The largest absolute Gasteiger partial charge is 0.383 e. The van der Waals surface area contributed by atoms with E-state index in [1.807, 2.05) is 18.4 Å². The smallest absolute Gasteiger partial charge is 0.248 e. The summed E-state index contributed by atoms with van der Waals surface area (Å²) in [5, 5.41) is 4.67. The fourth-order valence-corrected chi connectivity index (χ4v) is 4.27. The van der Waals surface area contributed by atoms with E-state index in [1.54, 1.807) is 36.5 Å². The highest BCUT2D eigenvalue weighted by molar-refractivity contribution is 7.89. The third-order valence-corrected chi connectivity index (χ3v) is 6.08. The van der Waals surface area contributed by atoms with E-state index in [4.69, 9.17) is 4.74 Å². The number of thiophene rings is 1. The summed E-state index contributed by atoms with van der Waals surface area (Å²) in [6.45, 7) is 3.98. The van der Waals surface area contributed by atoms with Gasteiger partial charge in [-0.2, -0.15) is 0 Å². The van der Waals surface area contributed by atoms with Gasteiger partial charge in [0.15, 0.2) is 0 Å². The first kappa shape index (κ1) is 20.3. The molecule has 0 fully saturated rings. The molecule has 1 aromatic carbocycles. The molecule has 0 unspecified atom stereocenters. The number of anilines is 1. The van der Waals surface area contributed by atoms with Crippen LogP contribution < -0.4 is 10.0 Å². The molecule has 8 heteroatoms. The monoisotopic (exact) mass is 394 g/mol. The maximum atomic E-state index is 12.3. The highest BCUT2D eigenvalue weighted by atomic mass is 32.2. The van der Waals surface area contributed by atoms with Gasteiger partial charge in [0.1, 0.15) is 0 Å². The first-order chi connectivity index (χ1) is 12.3. The number of hydrogen-bond donors (Lipinski definition) is 2. The van der Waals surface area contributed by atoms with Crippen LogP contribution in [0.15, 0.2) is 46.7 Å². The highest BCUT2D eigenvalue weighted by Crippen LogP contribution is 2.18. The van der Waals surface area contributed by atoms with Crippen LogP contribution in [0.5, 0.6) is 0 Å². The summed E-state index contributed by atoms with van der Waals surface area (Å²) in [4.78, 5) is 13.1. The molecular formula is C18H22N2O4S2. The van der Waals surface area contributed by atoms with Crippen molar-refractivity contribution in [1.82, 2.24) is 4.72 Å². The molecule has 0 radical (unpaired) electrons. The van der Waals surface area contributed by atoms with Crippen molar-refractivity contribution in [3.05, 3.63) is 52.2 Å². The Balaban J connectivity index is 1.99. The number of carbonyl (C=O) groups excluding carboxylic acids is 1. The number of ether oxygens (including phenoxy) is 1. The van der Waals surface area contributed by atoms with Crippen molar-refractivity contribution >= 4 is 39.0 Å². The third-order valence-electron chi connectivity index (χ3n) is 3.49. The zero-order chi connectivity index (χ0) is 19.2. The Hall–Kier alpha value is -2.00. The minimum Gasteiger partial charge on any atom is -0.383 e. The van der Waals surface area contributed by atoms with Crippen LogP contribution in [0.2, 0.25) is 0 Å². The predicted molar refractivity (Wildman–Crippen MR) is 105 cm³/mol. The molecular weight excluding hydrogens is 372 g/mol. The minimum absolute atomic E-state index is 0.128. The van der Waals surface area contributed by atoms with E-state index >= 15 is 0 Å². The molecule has 0 saturated carbocycles. The number of benzene rings is 1. The second-order valence-corrected chi connectivity index (χ2v) is 8.45. The summed E-state index contributed by atoms with van der Waals surface area (Å²) in [6.07, 6.45) is 3.22. The number of sulfonamides is 1. The molecule has 26 heavy (non-hydrogen) atoms. The molecule has 0 aliphatic carbocycles. The Kier molecular flexibility index (Phi) is 7.10. The average molecular weight is 395 g/mol. The van der Waals surface area contributed by atoms with Crippen molar-refractivity contribution in [2.75, 3.05) is 19.0 Å². The number of amides is 1. The van der Waals surface area contributed by atoms with Gasteiger partial charge >= 0.3 is 0 Å². The Bertz CT molecular complexity index is 871. The zero-order valence-electron chi connectivity index (χ0n) is 14.9. The van der Waals surface area contributed by atoms with Crippen molar-refractivity contribution in [3.63, 3.8) is 0 Å². The van der Waals surface area contributed by atoms with Crippen LogP contribution in [-0.4, -0.2) is 34.1 Å². The molecule has 0 aliphatic rings. The number of carbonyl (C=O) groups is 1. The number of aryl methyl sites for hydroxylation is 1. The van der Waals surface area contributed by atoms with Crippen molar-refractivity contribution < 1.29 is 17.9 Å². The van der Waals surface area contributed by atoms with Crippen LogP contribution in [0.3, 0.4) is 0 Å². The van der Waals surface area contributed by atoms with Gasteiger partial charge in [-0.15, -0.1) is 11.3 Å². The maximum absolute atomic E-state index is 12.3. The van der Waals surface area contributed by atoms with Crippen LogP contribution in [-0.2, 0) is 19.6 Å². The normalized spacial score (nSPS) is 13.0. The Morgan fingerprint density at radius 2 is 1.96 bits per heavy atom. The van der Waals surface area contributed by atoms with Gasteiger partial charge in [0.25, 0.3) is 0 Å². The van der Waals surface area contributed by atoms with Gasteiger partial charge in [0.2, 0.25) is 15.9 Å². The van der Waals surface area contributed by atoms with Crippen LogP contribution in [0.25, 0.3) is 6.08 Å². The molecule has 2 N–H and O–H groups in total. The minimum atomic E-state index is -3.63. The molecule has 2 rings (SSSR count). The van der Waals surface area contributed by atoms with E-state index in [0.29, 0.717) is 5.69 Å². The van der Waals surface area contributed by atoms with Gasteiger partial charge in [0, 0.05) is 29.8 Å². The summed E-state index contributed by atoms with van der Waals surface area (Å²) in [6, 6.07) is 7.66. The lowest BCUT2D eigenvalue weighted by Gasteiger charge is -2.13. The van der Waals surface area contributed by atoms with E-state index in [-0.39, 0.29) is 23.5 Å². The number of rotatable bonds is 8. The first-order valence-electron chi connectivity index (χ1n) is 7.96. The van der Waals surface area contributed by atoms with Crippen molar-refractivity contribution in [1.29, 1.82) is 0 Å². The first-order valence-corrected chi connectivity index (χ1v) is 10.3. The zero-order valence-corrected chi connectivity index (χ0v) is 16.5. The Morgan fingerprint density at radius 1 is 1.27 bits per heavy atom. The lowest BCUT2D eigenvalue weighted by atomic mass is 10.2. The van der Waals surface area contributed by atoms with E-state index in [2.05, 4.69) is 10.0 Å². The molecule has 1 atom stereocenters. The van der Waals surface area contributed by atoms with Gasteiger partial charge in [-0.05, 0) is 61.2 Å². The van der Waals surface area contributed by atoms with Crippen molar-refractivity contribution in [3.8, 4) is 0 Å². The molecule has 0 bridgehead atoms. The third kappa shape index (κ3) is 5.77. The summed E-state index contributed by atoms with van der Waals surface area (Å²) in [7, 11) is -2.12. The lowest BCUT2D eigenvalue weighted by molar-refractivity contribution is -0.111. The van der Waals surface area contributed by atoms with Gasteiger partial charge in [-0.3, -0.25) is 4.79 Å². The quantitative estimate of drug-likeness (QED) is 0.674. The molecule has 1 aromatic heterocycles. The highest BCUT2D eigenvalue weighted by Gasteiger charge is 2.17. The summed E-state index contributed by atoms with van der Waals surface area (Å²) >= 11 is 1.56. The fraction of sp³-hybridized carbons (Fsp3) is 0.278. The van der Waals surface area contributed by atoms with E-state index in [9.17, 15) is 13.2 Å². The topological polar surface area (TPSA) is 84.5 Å². The summed E-state index contributed by atoms with van der Waals surface area (Å²) < 4.78 is 32.0. The molecule has 0 spiro atoms. The van der Waals surface area contributed by atoms with Gasteiger partial charge in [-0.25, -0.2) is 13.1 Å². The predicted octanol–water partition coefficient (Wildman–Crippen LogP) is 3.02. The van der Waals surface area contributed by atoms with Gasteiger partial charge < -0.3 is 10.1 Å². The molecule has 1 heterocycles. The maximum Gasteiger partial charge on any atom is 0.248 e. The van der Waals surface area contributed by atoms with Crippen LogP contribution in [0.4, 0.5) is 5.69 Å². The molecule has 0 saturated heterocycles. The van der Waals surface area contributed by atoms with E-state index in [1.165, 1.54) is 25.3 Å². The second-order valence-electron chi connectivity index (χ2n) is 5.79. The van der Waals surface area contributed by atoms with Crippen LogP contribution >= 0.6 is 11.3 Å². The van der Waals surface area contributed by atoms with E-state index < -0.39 is 10.0 Å². The summed E-state index contributed by atoms with van der Waals surface area (Å²) in [5.74, 6) is -0.278. The summed E-state index contributed by atoms with van der Waals surface area (Å²) in [5.41, 5.74) is 1.63. The Morgan fingerprint density at radius 3 is 2.54 bits per heavy atom. The molecule has 2 aromatic rings. The van der Waals surface area contributed by atoms with Crippen molar-refractivity contribution in [2.24, 2.45) is 0 Å². The van der Waals surface area contributed by atoms with Crippen LogP contribution in [0, 0.1) is 6.92 Å². The fourth-order valence-electron chi connectivity index (χ4n) is 2.22. The Labute approximate surface area is 157 Å². The molecule has 6 nitrogen and oxygen atoms in total. The van der Waals surface area contributed by atoms with Crippen LogP contribution in [0.1, 0.15) is 17.4 Å². The average Bonchev–Trinajstić information content (AvgIpc) is 2.98.